The molecule has 0 bridgehead atoms. The van der Waals surface area contributed by atoms with Crippen molar-refractivity contribution in [2.75, 3.05) is 32.7 Å². The molecular weight excluding hydrogens is 560 g/mol. The van der Waals surface area contributed by atoms with Gasteiger partial charge >= 0.3 is 6.03 Å². The smallest absolute Gasteiger partial charge is 0.322 e. The number of carbonyl (C=O) groups excluding carboxylic acids is 1. The number of halogens is 2. The van der Waals surface area contributed by atoms with Gasteiger partial charge in [0.05, 0.1) is 36.3 Å². The summed E-state index contributed by atoms with van der Waals surface area (Å²) in [6.45, 7) is 2.39. The van der Waals surface area contributed by atoms with E-state index in [9.17, 15) is 9.59 Å². The van der Waals surface area contributed by atoms with E-state index >= 15 is 0 Å². The van der Waals surface area contributed by atoms with Gasteiger partial charge in [-0.25, -0.2) is 9.78 Å². The lowest BCUT2D eigenvalue weighted by Gasteiger charge is -2.30. The lowest BCUT2D eigenvalue weighted by atomic mass is 10.2. The molecular formula is C27H26BrClN4O4. The number of nitrogens with zero attached hydrogens (tertiary/aromatic N) is 3. The van der Waals surface area contributed by atoms with Crippen LogP contribution >= 0.6 is 27.5 Å². The van der Waals surface area contributed by atoms with Gasteiger partial charge < -0.3 is 19.7 Å². The average molecular weight is 586 g/mol. The molecule has 1 aromatic heterocycles. The highest BCUT2D eigenvalue weighted by molar-refractivity contribution is 9.10. The summed E-state index contributed by atoms with van der Waals surface area (Å²) < 4.78 is 12.9. The summed E-state index contributed by atoms with van der Waals surface area (Å²) in [7, 11) is 3.15. The van der Waals surface area contributed by atoms with Gasteiger partial charge in [0.25, 0.3) is 5.56 Å². The van der Waals surface area contributed by atoms with E-state index in [-0.39, 0.29) is 18.1 Å². The number of hydrogen-bond acceptors (Lipinski definition) is 5. The van der Waals surface area contributed by atoms with Crippen LogP contribution in [0, 0.1) is 0 Å². The summed E-state index contributed by atoms with van der Waals surface area (Å²) in [5.74, 6) is 1.03. The number of rotatable bonds is 8. The van der Waals surface area contributed by atoms with E-state index in [1.807, 2.05) is 19.1 Å². The number of amides is 2. The molecule has 4 rings (SSSR count). The second-order valence-corrected chi connectivity index (χ2v) is 9.62. The number of hydrogen-bond donors (Lipinski definition) is 1. The van der Waals surface area contributed by atoms with E-state index in [1.54, 1.807) is 73.7 Å². The third-order valence-corrected chi connectivity index (χ3v) is 6.63. The summed E-state index contributed by atoms with van der Waals surface area (Å²) in [6, 6.07) is 18.4. The van der Waals surface area contributed by atoms with Crippen LogP contribution in [-0.2, 0) is 4.74 Å². The number of carbonyl (C=O) groups is 1. The third-order valence-electron chi connectivity index (χ3n) is 5.90. The molecule has 1 heterocycles. The number of nitrogens with one attached hydrogen (secondary N) is 1. The Morgan fingerprint density at radius 3 is 2.57 bits per heavy atom. The van der Waals surface area contributed by atoms with Crippen molar-refractivity contribution in [2.24, 2.45) is 0 Å². The molecule has 0 fully saturated rings. The van der Waals surface area contributed by atoms with Gasteiger partial charge in [-0.15, -0.1) is 0 Å². The highest BCUT2D eigenvalue weighted by Gasteiger charge is 2.27. The average Bonchev–Trinajstić information content (AvgIpc) is 2.88. The molecule has 4 aromatic rings. The van der Waals surface area contributed by atoms with Gasteiger partial charge in [0, 0.05) is 28.8 Å². The summed E-state index contributed by atoms with van der Waals surface area (Å²) in [4.78, 5) is 33.6. The van der Waals surface area contributed by atoms with Gasteiger partial charge in [0.2, 0.25) is 0 Å². The third kappa shape index (κ3) is 5.95. The summed E-state index contributed by atoms with van der Waals surface area (Å²) in [5, 5.41) is 3.80. The highest BCUT2D eigenvalue weighted by atomic mass is 79.9. The number of urea groups is 1. The molecule has 1 atom stereocenters. The summed E-state index contributed by atoms with van der Waals surface area (Å²) in [5.41, 5.74) is 1.40. The topological polar surface area (TPSA) is 85.7 Å². The zero-order valence-corrected chi connectivity index (χ0v) is 22.9. The van der Waals surface area contributed by atoms with Gasteiger partial charge in [-0.2, -0.15) is 0 Å². The number of methoxy groups -OCH3 is 2. The predicted molar refractivity (Wildman–Crippen MR) is 149 cm³/mol. The van der Waals surface area contributed by atoms with E-state index < -0.39 is 6.04 Å². The molecule has 2 amide bonds. The van der Waals surface area contributed by atoms with Crippen LogP contribution in [-0.4, -0.2) is 47.9 Å². The minimum Gasteiger partial charge on any atom is -0.497 e. The molecule has 0 aliphatic rings. The van der Waals surface area contributed by atoms with Crippen molar-refractivity contribution >= 4 is 50.2 Å². The van der Waals surface area contributed by atoms with Crippen molar-refractivity contribution in [2.45, 2.75) is 13.0 Å². The first-order valence-electron chi connectivity index (χ1n) is 11.5. The maximum Gasteiger partial charge on any atom is 0.322 e. The van der Waals surface area contributed by atoms with Crippen LogP contribution in [0.2, 0.25) is 5.02 Å². The molecule has 0 saturated heterocycles. The Hall–Kier alpha value is -3.40. The first-order chi connectivity index (χ1) is 17.8. The maximum atomic E-state index is 13.8. The van der Waals surface area contributed by atoms with E-state index in [1.165, 1.54) is 4.57 Å². The number of ether oxygens (including phenoxy) is 2. The van der Waals surface area contributed by atoms with Crippen molar-refractivity contribution in [3.63, 3.8) is 0 Å². The van der Waals surface area contributed by atoms with Gasteiger partial charge in [0.15, 0.2) is 0 Å². The van der Waals surface area contributed by atoms with Gasteiger partial charge in [-0.1, -0.05) is 33.6 Å². The lowest BCUT2D eigenvalue weighted by Crippen LogP contribution is -2.41. The SMILES string of the molecule is COCCN(C(=O)Nc1cccc(Br)c1)C(C)c1nc2cc(Cl)ccc2c(=O)n1-c1ccc(OC)cc1. The van der Waals surface area contributed by atoms with E-state index in [0.29, 0.717) is 45.5 Å². The van der Waals surface area contributed by atoms with Crippen LogP contribution in [0.15, 0.2) is 76.0 Å². The zero-order chi connectivity index (χ0) is 26.5. The molecule has 0 saturated carbocycles. The molecule has 0 spiro atoms. The maximum absolute atomic E-state index is 13.8. The Bertz CT molecular complexity index is 1480. The van der Waals surface area contributed by atoms with Crippen molar-refractivity contribution in [3.8, 4) is 11.4 Å². The van der Waals surface area contributed by atoms with Crippen LogP contribution < -0.4 is 15.6 Å². The quantitative estimate of drug-likeness (QED) is 0.272. The second kappa shape index (κ2) is 11.8. The lowest BCUT2D eigenvalue weighted by molar-refractivity contribution is 0.137. The first-order valence-corrected chi connectivity index (χ1v) is 12.7. The molecule has 1 unspecified atom stereocenters. The van der Waals surface area contributed by atoms with Crippen molar-refractivity contribution in [1.29, 1.82) is 0 Å². The van der Waals surface area contributed by atoms with Crippen molar-refractivity contribution in [3.05, 3.63) is 92.4 Å². The van der Waals surface area contributed by atoms with Crippen LogP contribution in [0.4, 0.5) is 10.5 Å². The molecule has 0 aliphatic carbocycles. The largest absolute Gasteiger partial charge is 0.497 e. The highest BCUT2D eigenvalue weighted by Crippen LogP contribution is 2.26. The first kappa shape index (κ1) is 26.7. The van der Waals surface area contributed by atoms with Gasteiger partial charge in [0.1, 0.15) is 11.6 Å². The van der Waals surface area contributed by atoms with Crippen molar-refractivity contribution in [1.82, 2.24) is 14.5 Å². The number of aromatic nitrogens is 2. The number of anilines is 1. The van der Waals surface area contributed by atoms with Crippen LogP contribution in [0.25, 0.3) is 16.6 Å². The molecule has 10 heteroatoms. The predicted octanol–water partition coefficient (Wildman–Crippen LogP) is 6.05. The Balaban J connectivity index is 1.84. The fraction of sp³-hybridized carbons (Fsp3) is 0.222. The molecule has 37 heavy (non-hydrogen) atoms. The summed E-state index contributed by atoms with van der Waals surface area (Å²) in [6.07, 6.45) is 0. The van der Waals surface area contributed by atoms with E-state index in [4.69, 9.17) is 26.1 Å². The standard InChI is InChI=1S/C27H26BrClN4O4/c1-17(32(13-14-36-2)27(35)30-20-6-4-5-18(28)15-20)25-31-24-16-19(29)7-12-23(24)26(34)33(25)21-8-10-22(37-3)11-9-21/h4-12,15-17H,13-14H2,1-3H3,(H,30,35). The Morgan fingerprint density at radius 1 is 1.14 bits per heavy atom. The molecule has 3 aromatic carbocycles. The van der Waals surface area contributed by atoms with Crippen LogP contribution in [0.3, 0.4) is 0 Å². The van der Waals surface area contributed by atoms with Crippen LogP contribution in [0.1, 0.15) is 18.8 Å². The van der Waals surface area contributed by atoms with Gasteiger partial charge in [-0.3, -0.25) is 9.36 Å². The molecule has 0 aliphatic heterocycles. The summed E-state index contributed by atoms with van der Waals surface area (Å²) >= 11 is 9.65. The molecule has 1 N–H and O–H groups in total. The molecule has 192 valence electrons. The Morgan fingerprint density at radius 2 is 1.89 bits per heavy atom. The van der Waals surface area contributed by atoms with Crippen molar-refractivity contribution < 1.29 is 14.3 Å². The minimum absolute atomic E-state index is 0.267. The Kier molecular flexibility index (Phi) is 8.48. The number of fused-ring (bicyclic) bond motifs is 1. The minimum atomic E-state index is -0.611. The zero-order valence-electron chi connectivity index (χ0n) is 20.6. The van der Waals surface area contributed by atoms with E-state index in [2.05, 4.69) is 21.2 Å². The van der Waals surface area contributed by atoms with Crippen LogP contribution in [0.5, 0.6) is 5.75 Å². The fourth-order valence-corrected chi connectivity index (χ4v) is 4.56. The monoisotopic (exact) mass is 584 g/mol. The molecule has 8 nitrogen and oxygen atoms in total. The second-order valence-electron chi connectivity index (χ2n) is 8.27. The fourth-order valence-electron chi connectivity index (χ4n) is 4.00. The van der Waals surface area contributed by atoms with Gasteiger partial charge in [-0.05, 0) is 67.6 Å². The number of benzene rings is 3. The molecule has 0 radical (unpaired) electrons. The van der Waals surface area contributed by atoms with E-state index in [0.717, 1.165) is 4.47 Å². The Labute approximate surface area is 227 Å². The normalized spacial score (nSPS) is 11.8.